The molecule has 0 amide bonds. The monoisotopic (exact) mass is 247 g/mol. The van der Waals surface area contributed by atoms with Crippen molar-refractivity contribution in [1.82, 2.24) is 9.97 Å². The Kier molecular flexibility index (Phi) is 3.94. The standard InChI is InChI=1S/C13H17N3O2/c1-3-16(8-12-5-4-6-18-12)13-14-10(2)7-11(9-17)15-13/h4-7,17H,3,8-9H2,1-2H3. The number of aromatic nitrogens is 2. The van der Waals surface area contributed by atoms with E-state index in [1.54, 1.807) is 12.3 Å². The number of aryl methyl sites for hydroxylation is 1. The van der Waals surface area contributed by atoms with Crippen molar-refractivity contribution in [1.29, 1.82) is 0 Å². The molecule has 0 bridgehead atoms. The van der Waals surface area contributed by atoms with Crippen molar-refractivity contribution in [2.75, 3.05) is 11.4 Å². The molecule has 0 saturated heterocycles. The van der Waals surface area contributed by atoms with Crippen LogP contribution in [0.1, 0.15) is 24.1 Å². The summed E-state index contributed by atoms with van der Waals surface area (Å²) >= 11 is 0. The molecule has 0 aliphatic carbocycles. The molecule has 0 fully saturated rings. The zero-order valence-electron chi connectivity index (χ0n) is 10.6. The first-order valence-corrected chi connectivity index (χ1v) is 5.95. The lowest BCUT2D eigenvalue weighted by Crippen LogP contribution is -2.24. The number of hydrogen-bond donors (Lipinski definition) is 1. The highest BCUT2D eigenvalue weighted by atomic mass is 16.3. The summed E-state index contributed by atoms with van der Waals surface area (Å²) in [7, 11) is 0. The van der Waals surface area contributed by atoms with Crippen molar-refractivity contribution < 1.29 is 9.52 Å². The lowest BCUT2D eigenvalue weighted by atomic mass is 10.3. The highest BCUT2D eigenvalue weighted by Gasteiger charge is 2.11. The fraction of sp³-hybridized carbons (Fsp3) is 0.385. The van der Waals surface area contributed by atoms with Gasteiger partial charge in [-0.3, -0.25) is 0 Å². The minimum atomic E-state index is -0.0747. The van der Waals surface area contributed by atoms with Gasteiger partial charge in [-0.15, -0.1) is 0 Å². The van der Waals surface area contributed by atoms with E-state index in [2.05, 4.69) is 9.97 Å². The summed E-state index contributed by atoms with van der Waals surface area (Å²) in [5.74, 6) is 1.49. The van der Waals surface area contributed by atoms with Crippen molar-refractivity contribution in [3.63, 3.8) is 0 Å². The molecular weight excluding hydrogens is 230 g/mol. The number of aliphatic hydroxyl groups excluding tert-OH is 1. The fourth-order valence-electron chi connectivity index (χ4n) is 1.75. The van der Waals surface area contributed by atoms with Crippen LogP contribution in [0, 0.1) is 6.92 Å². The van der Waals surface area contributed by atoms with Gasteiger partial charge in [0, 0.05) is 12.2 Å². The van der Waals surface area contributed by atoms with E-state index in [9.17, 15) is 5.11 Å². The summed E-state index contributed by atoms with van der Waals surface area (Å²) in [5.41, 5.74) is 1.48. The second-order valence-electron chi connectivity index (χ2n) is 4.05. The van der Waals surface area contributed by atoms with Gasteiger partial charge in [0.15, 0.2) is 0 Å². The molecule has 5 nitrogen and oxygen atoms in total. The van der Waals surface area contributed by atoms with Crippen molar-refractivity contribution in [3.05, 3.63) is 41.6 Å². The molecule has 0 aliphatic heterocycles. The van der Waals surface area contributed by atoms with E-state index in [0.29, 0.717) is 18.2 Å². The molecule has 0 aromatic carbocycles. The van der Waals surface area contributed by atoms with Crippen LogP contribution >= 0.6 is 0 Å². The van der Waals surface area contributed by atoms with Crippen LogP contribution < -0.4 is 4.90 Å². The predicted octanol–water partition coefficient (Wildman–Crippen LogP) is 1.90. The molecule has 5 heteroatoms. The van der Waals surface area contributed by atoms with E-state index in [1.165, 1.54) is 0 Å². The van der Waals surface area contributed by atoms with Gasteiger partial charge < -0.3 is 14.4 Å². The lowest BCUT2D eigenvalue weighted by molar-refractivity contribution is 0.276. The summed E-state index contributed by atoms with van der Waals surface area (Å²) in [5, 5.41) is 9.17. The first-order valence-electron chi connectivity index (χ1n) is 5.95. The van der Waals surface area contributed by atoms with E-state index >= 15 is 0 Å². The van der Waals surface area contributed by atoms with Crippen LogP contribution in [0.2, 0.25) is 0 Å². The van der Waals surface area contributed by atoms with Crippen LogP contribution in [0.3, 0.4) is 0 Å². The molecule has 0 unspecified atom stereocenters. The van der Waals surface area contributed by atoms with E-state index < -0.39 is 0 Å². The number of hydrogen-bond acceptors (Lipinski definition) is 5. The van der Waals surface area contributed by atoms with Gasteiger partial charge in [0.1, 0.15) is 5.76 Å². The Hall–Kier alpha value is -1.88. The summed E-state index contributed by atoms with van der Waals surface area (Å²) in [6, 6.07) is 5.56. The molecule has 96 valence electrons. The molecule has 18 heavy (non-hydrogen) atoms. The third-order valence-electron chi connectivity index (χ3n) is 2.65. The molecule has 0 spiro atoms. The van der Waals surface area contributed by atoms with Gasteiger partial charge >= 0.3 is 0 Å². The van der Waals surface area contributed by atoms with Crippen molar-refractivity contribution in [2.45, 2.75) is 27.0 Å². The smallest absolute Gasteiger partial charge is 0.226 e. The molecule has 0 atom stereocenters. The van der Waals surface area contributed by atoms with Crippen LogP contribution in [0.4, 0.5) is 5.95 Å². The number of aliphatic hydroxyl groups is 1. The van der Waals surface area contributed by atoms with Crippen LogP contribution in [0.25, 0.3) is 0 Å². The minimum absolute atomic E-state index is 0.0747. The van der Waals surface area contributed by atoms with Gasteiger partial charge in [-0.2, -0.15) is 0 Å². The zero-order valence-corrected chi connectivity index (χ0v) is 10.6. The van der Waals surface area contributed by atoms with Crippen LogP contribution in [-0.4, -0.2) is 21.6 Å². The highest BCUT2D eigenvalue weighted by Crippen LogP contribution is 2.14. The van der Waals surface area contributed by atoms with Crippen LogP contribution in [-0.2, 0) is 13.2 Å². The Balaban J connectivity index is 2.24. The molecule has 0 saturated carbocycles. The quantitative estimate of drug-likeness (QED) is 0.874. The van der Waals surface area contributed by atoms with Crippen molar-refractivity contribution in [3.8, 4) is 0 Å². The Morgan fingerprint density at radius 2 is 2.22 bits per heavy atom. The topological polar surface area (TPSA) is 62.4 Å². The summed E-state index contributed by atoms with van der Waals surface area (Å²) in [6.45, 7) is 5.25. The van der Waals surface area contributed by atoms with Gasteiger partial charge in [-0.25, -0.2) is 9.97 Å². The second kappa shape index (κ2) is 5.64. The number of rotatable bonds is 5. The largest absolute Gasteiger partial charge is 0.467 e. The molecule has 2 aromatic rings. The minimum Gasteiger partial charge on any atom is -0.467 e. The third kappa shape index (κ3) is 2.87. The van der Waals surface area contributed by atoms with Crippen LogP contribution in [0.5, 0.6) is 0 Å². The summed E-state index contributed by atoms with van der Waals surface area (Å²) in [4.78, 5) is 10.7. The van der Waals surface area contributed by atoms with Gasteiger partial charge in [0.25, 0.3) is 0 Å². The van der Waals surface area contributed by atoms with E-state index in [-0.39, 0.29) is 6.61 Å². The van der Waals surface area contributed by atoms with Crippen LogP contribution in [0.15, 0.2) is 28.9 Å². The maximum absolute atomic E-state index is 9.17. The number of nitrogens with zero attached hydrogens (tertiary/aromatic N) is 3. The lowest BCUT2D eigenvalue weighted by Gasteiger charge is -2.20. The third-order valence-corrected chi connectivity index (χ3v) is 2.65. The van der Waals surface area contributed by atoms with Crippen molar-refractivity contribution in [2.24, 2.45) is 0 Å². The Morgan fingerprint density at radius 3 is 2.83 bits per heavy atom. The maximum Gasteiger partial charge on any atom is 0.226 e. The van der Waals surface area contributed by atoms with Gasteiger partial charge in [-0.05, 0) is 32.0 Å². The number of furan rings is 1. The van der Waals surface area contributed by atoms with Gasteiger partial charge in [-0.1, -0.05) is 0 Å². The molecule has 0 aliphatic rings. The van der Waals surface area contributed by atoms with E-state index in [1.807, 2.05) is 30.9 Å². The Morgan fingerprint density at radius 1 is 1.39 bits per heavy atom. The zero-order chi connectivity index (χ0) is 13.0. The molecule has 1 N–H and O–H groups in total. The fourth-order valence-corrected chi connectivity index (χ4v) is 1.75. The average molecular weight is 247 g/mol. The van der Waals surface area contributed by atoms with Gasteiger partial charge in [0.2, 0.25) is 5.95 Å². The number of anilines is 1. The van der Waals surface area contributed by atoms with E-state index in [0.717, 1.165) is 18.0 Å². The maximum atomic E-state index is 9.17. The summed E-state index contributed by atoms with van der Waals surface area (Å²) in [6.07, 6.45) is 1.65. The Bertz CT molecular complexity index is 497. The molecule has 2 aromatic heterocycles. The first kappa shape index (κ1) is 12.6. The van der Waals surface area contributed by atoms with Gasteiger partial charge in [0.05, 0.1) is 25.1 Å². The Labute approximate surface area is 106 Å². The normalized spacial score (nSPS) is 10.6. The molecule has 2 heterocycles. The van der Waals surface area contributed by atoms with Crippen molar-refractivity contribution >= 4 is 5.95 Å². The molecule has 2 rings (SSSR count). The average Bonchev–Trinajstić information content (AvgIpc) is 2.88. The summed E-state index contributed by atoms with van der Waals surface area (Å²) < 4.78 is 5.33. The SMILES string of the molecule is CCN(Cc1ccco1)c1nc(C)cc(CO)n1. The first-order chi connectivity index (χ1) is 8.72. The molecule has 0 radical (unpaired) electrons. The second-order valence-corrected chi connectivity index (χ2v) is 4.05. The molecular formula is C13H17N3O2. The highest BCUT2D eigenvalue weighted by molar-refractivity contribution is 5.32. The predicted molar refractivity (Wildman–Crippen MR) is 68.1 cm³/mol. The van der Waals surface area contributed by atoms with E-state index in [4.69, 9.17) is 4.42 Å².